The van der Waals surface area contributed by atoms with Crippen molar-refractivity contribution >= 4 is 21.6 Å². The SMILES string of the molecule is CCCNCc1cc(S(=O)(=O)N2CCCC2)ccc1Cl. The van der Waals surface area contributed by atoms with Crippen LogP contribution in [0.4, 0.5) is 0 Å². The third-order valence-electron chi connectivity index (χ3n) is 3.46. The number of nitrogens with zero attached hydrogens (tertiary/aromatic N) is 1. The molecule has 1 aliphatic heterocycles. The highest BCUT2D eigenvalue weighted by molar-refractivity contribution is 7.89. The first-order chi connectivity index (χ1) is 9.55. The minimum atomic E-state index is -3.36. The molecule has 0 aliphatic carbocycles. The number of nitrogens with one attached hydrogen (secondary N) is 1. The Hall–Kier alpha value is -0.620. The van der Waals surface area contributed by atoms with E-state index in [9.17, 15) is 8.42 Å². The first-order valence-electron chi connectivity index (χ1n) is 7.05. The molecule has 20 heavy (non-hydrogen) atoms. The molecule has 1 fully saturated rings. The van der Waals surface area contributed by atoms with Crippen molar-refractivity contribution in [3.63, 3.8) is 0 Å². The number of rotatable bonds is 6. The fourth-order valence-corrected chi connectivity index (χ4v) is 4.08. The van der Waals surface area contributed by atoms with Crippen molar-refractivity contribution in [2.45, 2.75) is 37.6 Å². The van der Waals surface area contributed by atoms with Crippen molar-refractivity contribution in [1.82, 2.24) is 9.62 Å². The molecule has 1 aromatic rings. The second kappa shape index (κ2) is 6.89. The smallest absolute Gasteiger partial charge is 0.243 e. The van der Waals surface area contributed by atoms with Crippen LogP contribution in [-0.4, -0.2) is 32.4 Å². The summed E-state index contributed by atoms with van der Waals surface area (Å²) in [6, 6.07) is 4.96. The van der Waals surface area contributed by atoms with Crippen molar-refractivity contribution in [2.75, 3.05) is 19.6 Å². The fourth-order valence-electron chi connectivity index (χ4n) is 2.32. The highest BCUT2D eigenvalue weighted by Crippen LogP contribution is 2.25. The third kappa shape index (κ3) is 3.52. The van der Waals surface area contributed by atoms with Gasteiger partial charge in [0.25, 0.3) is 0 Å². The molecule has 6 heteroatoms. The summed E-state index contributed by atoms with van der Waals surface area (Å²) in [7, 11) is -3.36. The largest absolute Gasteiger partial charge is 0.313 e. The number of hydrogen-bond donors (Lipinski definition) is 1. The van der Waals surface area contributed by atoms with Gasteiger partial charge in [0.2, 0.25) is 10.0 Å². The molecule has 4 nitrogen and oxygen atoms in total. The quantitative estimate of drug-likeness (QED) is 0.821. The van der Waals surface area contributed by atoms with E-state index in [0.29, 0.717) is 29.6 Å². The van der Waals surface area contributed by atoms with E-state index in [-0.39, 0.29) is 0 Å². The molecule has 0 atom stereocenters. The van der Waals surface area contributed by atoms with Crippen molar-refractivity contribution in [3.8, 4) is 0 Å². The van der Waals surface area contributed by atoms with E-state index in [1.54, 1.807) is 22.5 Å². The van der Waals surface area contributed by atoms with Crippen LogP contribution in [0.5, 0.6) is 0 Å². The molecule has 0 aromatic heterocycles. The van der Waals surface area contributed by atoms with Crippen molar-refractivity contribution in [1.29, 1.82) is 0 Å². The number of benzene rings is 1. The van der Waals surface area contributed by atoms with Gasteiger partial charge in [0.15, 0.2) is 0 Å². The van der Waals surface area contributed by atoms with Gasteiger partial charge in [-0.25, -0.2) is 8.42 Å². The van der Waals surface area contributed by atoms with E-state index in [4.69, 9.17) is 11.6 Å². The summed E-state index contributed by atoms with van der Waals surface area (Å²) in [5.74, 6) is 0. The van der Waals surface area contributed by atoms with E-state index in [2.05, 4.69) is 12.2 Å². The van der Waals surface area contributed by atoms with Crippen LogP contribution >= 0.6 is 11.6 Å². The number of halogens is 1. The second-order valence-electron chi connectivity index (χ2n) is 5.04. The molecule has 112 valence electrons. The standard InChI is InChI=1S/C14H21ClN2O2S/c1-2-7-16-11-12-10-13(5-6-14(12)15)20(18,19)17-8-3-4-9-17/h5-6,10,16H,2-4,7-9,11H2,1H3. The topological polar surface area (TPSA) is 49.4 Å². The van der Waals surface area contributed by atoms with Crippen molar-refractivity contribution < 1.29 is 8.42 Å². The molecule has 1 aliphatic rings. The van der Waals surface area contributed by atoms with Crippen LogP contribution in [0.2, 0.25) is 5.02 Å². The minimum Gasteiger partial charge on any atom is -0.313 e. The summed E-state index contributed by atoms with van der Waals surface area (Å²) in [6.45, 7) is 4.81. The van der Waals surface area contributed by atoms with E-state index in [1.807, 2.05) is 0 Å². The molecule has 0 saturated carbocycles. The van der Waals surface area contributed by atoms with Crippen LogP contribution in [0, 0.1) is 0 Å². The molecule has 0 spiro atoms. The van der Waals surface area contributed by atoms with Gasteiger partial charge in [-0.2, -0.15) is 4.31 Å². The Labute approximate surface area is 126 Å². The van der Waals surface area contributed by atoms with Gasteiger partial charge in [-0.15, -0.1) is 0 Å². The number of sulfonamides is 1. The Morgan fingerprint density at radius 3 is 2.65 bits per heavy atom. The third-order valence-corrected chi connectivity index (χ3v) is 5.73. The zero-order valence-electron chi connectivity index (χ0n) is 11.7. The lowest BCUT2D eigenvalue weighted by Gasteiger charge is -2.16. The lowest BCUT2D eigenvalue weighted by Crippen LogP contribution is -2.28. The van der Waals surface area contributed by atoms with Crippen LogP contribution in [0.25, 0.3) is 0 Å². The Morgan fingerprint density at radius 2 is 2.00 bits per heavy atom. The lowest BCUT2D eigenvalue weighted by molar-refractivity contribution is 0.477. The zero-order chi connectivity index (χ0) is 14.6. The molecule has 2 rings (SSSR count). The van der Waals surface area contributed by atoms with Gasteiger partial charge < -0.3 is 5.32 Å². The Kier molecular flexibility index (Phi) is 5.43. The molecule has 0 amide bonds. The van der Waals surface area contributed by atoms with Gasteiger partial charge in [-0.3, -0.25) is 0 Å². The second-order valence-corrected chi connectivity index (χ2v) is 7.39. The summed E-state index contributed by atoms with van der Waals surface area (Å²) in [5.41, 5.74) is 0.834. The monoisotopic (exact) mass is 316 g/mol. The Bertz CT molecular complexity index is 554. The first kappa shape index (κ1) is 15.8. The average molecular weight is 317 g/mol. The molecule has 0 bridgehead atoms. The Balaban J connectivity index is 2.21. The molecule has 0 radical (unpaired) electrons. The summed E-state index contributed by atoms with van der Waals surface area (Å²) >= 11 is 6.14. The summed E-state index contributed by atoms with van der Waals surface area (Å²) in [5, 5.41) is 3.85. The van der Waals surface area contributed by atoms with Crippen LogP contribution < -0.4 is 5.32 Å². The van der Waals surface area contributed by atoms with Gasteiger partial charge in [0, 0.05) is 24.7 Å². The molecular formula is C14H21ClN2O2S. The van der Waals surface area contributed by atoms with E-state index in [0.717, 1.165) is 31.4 Å². The molecule has 0 unspecified atom stereocenters. The van der Waals surface area contributed by atoms with Crippen LogP contribution in [0.15, 0.2) is 23.1 Å². The molecule has 1 heterocycles. The Morgan fingerprint density at radius 1 is 1.30 bits per heavy atom. The van der Waals surface area contributed by atoms with Gasteiger partial charge in [-0.1, -0.05) is 18.5 Å². The highest BCUT2D eigenvalue weighted by atomic mass is 35.5. The zero-order valence-corrected chi connectivity index (χ0v) is 13.3. The van der Waals surface area contributed by atoms with Gasteiger partial charge in [0.05, 0.1) is 4.90 Å². The van der Waals surface area contributed by atoms with Crippen molar-refractivity contribution in [3.05, 3.63) is 28.8 Å². The summed E-state index contributed by atoms with van der Waals surface area (Å²) in [4.78, 5) is 0.345. The van der Waals surface area contributed by atoms with Crippen LogP contribution in [0.3, 0.4) is 0 Å². The maximum Gasteiger partial charge on any atom is 0.243 e. The normalized spacial score (nSPS) is 16.7. The molecule has 1 aromatic carbocycles. The molecular weight excluding hydrogens is 296 g/mol. The minimum absolute atomic E-state index is 0.345. The number of hydrogen-bond acceptors (Lipinski definition) is 3. The van der Waals surface area contributed by atoms with E-state index in [1.165, 1.54) is 0 Å². The fraction of sp³-hybridized carbons (Fsp3) is 0.571. The predicted molar refractivity (Wildman–Crippen MR) is 81.4 cm³/mol. The van der Waals surface area contributed by atoms with E-state index < -0.39 is 10.0 Å². The summed E-state index contributed by atoms with van der Waals surface area (Å²) in [6.07, 6.45) is 2.92. The average Bonchev–Trinajstić information content (AvgIpc) is 2.95. The van der Waals surface area contributed by atoms with Gasteiger partial charge >= 0.3 is 0 Å². The predicted octanol–water partition coefficient (Wildman–Crippen LogP) is 2.62. The molecule has 1 saturated heterocycles. The summed E-state index contributed by atoms with van der Waals surface area (Å²) < 4.78 is 26.5. The van der Waals surface area contributed by atoms with Gasteiger partial charge in [0.1, 0.15) is 0 Å². The lowest BCUT2D eigenvalue weighted by atomic mass is 10.2. The molecule has 1 N–H and O–H groups in total. The van der Waals surface area contributed by atoms with E-state index >= 15 is 0 Å². The van der Waals surface area contributed by atoms with Crippen molar-refractivity contribution in [2.24, 2.45) is 0 Å². The van der Waals surface area contributed by atoms with Crippen LogP contribution in [-0.2, 0) is 16.6 Å². The van der Waals surface area contributed by atoms with Gasteiger partial charge in [-0.05, 0) is 49.6 Å². The maximum absolute atomic E-state index is 12.5. The highest BCUT2D eigenvalue weighted by Gasteiger charge is 2.27. The van der Waals surface area contributed by atoms with Crippen LogP contribution in [0.1, 0.15) is 31.7 Å². The maximum atomic E-state index is 12.5. The first-order valence-corrected chi connectivity index (χ1v) is 8.87.